The van der Waals surface area contributed by atoms with E-state index in [2.05, 4.69) is 4.98 Å². The molecular formula is C19H16ClF3N2O. The molecule has 7 heteroatoms. The summed E-state index contributed by atoms with van der Waals surface area (Å²) < 4.78 is 44.7. The van der Waals surface area contributed by atoms with Gasteiger partial charge in [0.15, 0.2) is 0 Å². The van der Waals surface area contributed by atoms with Crippen molar-refractivity contribution < 1.29 is 17.6 Å². The van der Waals surface area contributed by atoms with Crippen LogP contribution in [-0.2, 0) is 6.54 Å². The first-order valence-corrected chi connectivity index (χ1v) is 8.28. The SMILES string of the molecule is Cc1oc(-c2cccc(Cl)c2)nc1CN(CC(F)(F)F)c1ccccc1. The highest BCUT2D eigenvalue weighted by molar-refractivity contribution is 6.30. The second-order valence-corrected chi connectivity index (χ2v) is 6.28. The molecule has 0 saturated carbocycles. The highest BCUT2D eigenvalue weighted by atomic mass is 35.5. The van der Waals surface area contributed by atoms with Gasteiger partial charge in [0, 0.05) is 16.3 Å². The summed E-state index contributed by atoms with van der Waals surface area (Å²) >= 11 is 5.98. The maximum Gasteiger partial charge on any atom is 0.405 e. The Morgan fingerprint density at radius 3 is 2.46 bits per heavy atom. The van der Waals surface area contributed by atoms with Gasteiger partial charge in [-0.3, -0.25) is 0 Å². The number of hydrogen-bond donors (Lipinski definition) is 0. The molecule has 0 spiro atoms. The molecule has 1 heterocycles. The van der Waals surface area contributed by atoms with Gasteiger partial charge in [0.1, 0.15) is 18.0 Å². The van der Waals surface area contributed by atoms with Crippen molar-refractivity contribution in [2.24, 2.45) is 0 Å². The Hall–Kier alpha value is -2.47. The summed E-state index contributed by atoms with van der Waals surface area (Å²) in [6, 6.07) is 15.4. The third-order valence-corrected chi connectivity index (χ3v) is 4.03. The Kier molecular flexibility index (Phi) is 5.23. The molecule has 136 valence electrons. The fourth-order valence-corrected chi connectivity index (χ4v) is 2.78. The molecule has 0 aliphatic rings. The fraction of sp³-hybridized carbons (Fsp3) is 0.211. The molecule has 0 bridgehead atoms. The highest BCUT2D eigenvalue weighted by Crippen LogP contribution is 2.28. The molecule has 26 heavy (non-hydrogen) atoms. The highest BCUT2D eigenvalue weighted by Gasteiger charge is 2.31. The van der Waals surface area contributed by atoms with Gasteiger partial charge in [-0.15, -0.1) is 0 Å². The molecule has 0 unspecified atom stereocenters. The molecule has 0 N–H and O–H groups in total. The van der Waals surface area contributed by atoms with E-state index in [0.29, 0.717) is 33.6 Å². The Bertz CT molecular complexity index is 878. The summed E-state index contributed by atoms with van der Waals surface area (Å²) in [6.45, 7) is 0.600. The number of para-hydroxylation sites is 1. The largest absolute Gasteiger partial charge is 0.441 e. The van der Waals surface area contributed by atoms with Gasteiger partial charge in [-0.25, -0.2) is 4.98 Å². The lowest BCUT2D eigenvalue weighted by Gasteiger charge is -2.25. The predicted molar refractivity (Wildman–Crippen MR) is 95.2 cm³/mol. The van der Waals surface area contributed by atoms with Crippen LogP contribution in [0.5, 0.6) is 0 Å². The molecule has 3 aromatic rings. The van der Waals surface area contributed by atoms with E-state index in [1.54, 1.807) is 61.5 Å². The van der Waals surface area contributed by atoms with Gasteiger partial charge in [-0.2, -0.15) is 13.2 Å². The van der Waals surface area contributed by atoms with Gasteiger partial charge >= 0.3 is 6.18 Å². The molecule has 3 rings (SSSR count). The molecule has 0 aliphatic heterocycles. The van der Waals surface area contributed by atoms with Crippen molar-refractivity contribution in [2.45, 2.75) is 19.6 Å². The first-order chi connectivity index (χ1) is 12.3. The average Bonchev–Trinajstić information content (AvgIpc) is 2.95. The fourth-order valence-electron chi connectivity index (χ4n) is 2.59. The van der Waals surface area contributed by atoms with Gasteiger partial charge in [0.05, 0.1) is 6.54 Å². The molecular weight excluding hydrogens is 365 g/mol. The quantitative estimate of drug-likeness (QED) is 0.554. The topological polar surface area (TPSA) is 29.3 Å². The first kappa shape index (κ1) is 18.3. The van der Waals surface area contributed by atoms with Crippen LogP contribution in [0.4, 0.5) is 18.9 Å². The monoisotopic (exact) mass is 380 g/mol. The van der Waals surface area contributed by atoms with Gasteiger partial charge < -0.3 is 9.32 Å². The number of rotatable bonds is 5. The van der Waals surface area contributed by atoms with E-state index in [-0.39, 0.29) is 6.54 Å². The molecule has 0 atom stereocenters. The van der Waals surface area contributed by atoms with E-state index in [9.17, 15) is 13.2 Å². The molecule has 0 aliphatic carbocycles. The smallest absolute Gasteiger partial charge is 0.405 e. The van der Waals surface area contributed by atoms with Crippen LogP contribution >= 0.6 is 11.6 Å². The lowest BCUT2D eigenvalue weighted by atomic mass is 10.2. The van der Waals surface area contributed by atoms with E-state index >= 15 is 0 Å². The van der Waals surface area contributed by atoms with E-state index in [1.165, 1.54) is 4.90 Å². The van der Waals surface area contributed by atoms with Crippen LogP contribution in [0.1, 0.15) is 11.5 Å². The minimum absolute atomic E-state index is 0.0145. The third-order valence-electron chi connectivity index (χ3n) is 3.80. The number of benzene rings is 2. The first-order valence-electron chi connectivity index (χ1n) is 7.91. The zero-order valence-electron chi connectivity index (χ0n) is 13.9. The summed E-state index contributed by atoms with van der Waals surface area (Å²) in [5.74, 6) is 0.808. The van der Waals surface area contributed by atoms with Crippen LogP contribution in [0.25, 0.3) is 11.5 Å². The number of aryl methyl sites for hydroxylation is 1. The van der Waals surface area contributed by atoms with E-state index in [1.807, 2.05) is 0 Å². The number of anilines is 1. The molecule has 0 saturated heterocycles. The number of oxazole rings is 1. The normalized spacial score (nSPS) is 11.6. The van der Waals surface area contributed by atoms with E-state index < -0.39 is 12.7 Å². The molecule has 0 amide bonds. The summed E-state index contributed by atoms with van der Waals surface area (Å²) in [7, 11) is 0. The van der Waals surface area contributed by atoms with Crippen molar-refractivity contribution in [3.8, 4) is 11.5 Å². The number of halogens is 4. The summed E-state index contributed by atoms with van der Waals surface area (Å²) in [6.07, 6.45) is -4.33. The van der Waals surface area contributed by atoms with Gasteiger partial charge in [-0.05, 0) is 37.3 Å². The number of nitrogens with zero attached hydrogens (tertiary/aromatic N) is 2. The zero-order chi connectivity index (χ0) is 18.7. The van der Waals surface area contributed by atoms with Gasteiger partial charge in [0.25, 0.3) is 0 Å². The van der Waals surface area contributed by atoms with Gasteiger partial charge in [0.2, 0.25) is 5.89 Å². The molecule has 0 fully saturated rings. The van der Waals surface area contributed by atoms with Crippen LogP contribution in [-0.4, -0.2) is 17.7 Å². The lowest BCUT2D eigenvalue weighted by Crippen LogP contribution is -2.34. The van der Waals surface area contributed by atoms with Gasteiger partial charge in [-0.1, -0.05) is 35.9 Å². The minimum atomic E-state index is -4.33. The predicted octanol–water partition coefficient (Wildman–Crippen LogP) is 5.87. The standard InChI is InChI=1S/C19H16ClF3N2O/c1-13-17(24-18(26-13)14-6-5-7-15(20)10-14)11-25(12-19(21,22)23)16-8-3-2-4-9-16/h2-10H,11-12H2,1H3. The molecule has 2 aromatic carbocycles. The van der Waals surface area contributed by atoms with Crippen LogP contribution in [0.2, 0.25) is 5.02 Å². The van der Waals surface area contributed by atoms with Crippen LogP contribution in [0, 0.1) is 6.92 Å². The maximum absolute atomic E-state index is 13.0. The second-order valence-electron chi connectivity index (χ2n) is 5.84. The Morgan fingerprint density at radius 2 is 1.81 bits per heavy atom. The summed E-state index contributed by atoms with van der Waals surface area (Å²) in [5.41, 5.74) is 1.60. The number of hydrogen-bond acceptors (Lipinski definition) is 3. The number of alkyl halides is 3. The molecule has 1 aromatic heterocycles. The molecule has 3 nitrogen and oxygen atoms in total. The van der Waals surface area contributed by atoms with Crippen molar-refractivity contribution in [3.05, 3.63) is 71.1 Å². The Labute approximate surface area is 154 Å². The maximum atomic E-state index is 13.0. The Morgan fingerprint density at radius 1 is 1.08 bits per heavy atom. The van der Waals surface area contributed by atoms with Crippen molar-refractivity contribution in [1.29, 1.82) is 0 Å². The number of aromatic nitrogens is 1. The van der Waals surface area contributed by atoms with Crippen molar-refractivity contribution in [3.63, 3.8) is 0 Å². The lowest BCUT2D eigenvalue weighted by molar-refractivity contribution is -0.120. The third kappa shape index (κ3) is 4.58. The average molecular weight is 381 g/mol. The second kappa shape index (κ2) is 7.41. The summed E-state index contributed by atoms with van der Waals surface area (Å²) in [5, 5.41) is 0.530. The van der Waals surface area contributed by atoms with Crippen LogP contribution in [0.15, 0.2) is 59.0 Å². The van der Waals surface area contributed by atoms with E-state index in [0.717, 1.165) is 0 Å². The van der Waals surface area contributed by atoms with Crippen molar-refractivity contribution in [1.82, 2.24) is 4.98 Å². The summed E-state index contributed by atoms with van der Waals surface area (Å²) in [4.78, 5) is 5.61. The Balaban J connectivity index is 1.89. The van der Waals surface area contributed by atoms with Crippen LogP contribution in [0.3, 0.4) is 0 Å². The van der Waals surface area contributed by atoms with Crippen molar-refractivity contribution in [2.75, 3.05) is 11.4 Å². The van der Waals surface area contributed by atoms with Crippen molar-refractivity contribution >= 4 is 17.3 Å². The zero-order valence-corrected chi connectivity index (χ0v) is 14.7. The van der Waals surface area contributed by atoms with E-state index in [4.69, 9.17) is 16.0 Å². The van der Waals surface area contributed by atoms with Crippen LogP contribution < -0.4 is 4.90 Å². The molecule has 0 radical (unpaired) electrons. The minimum Gasteiger partial charge on any atom is -0.441 e.